The van der Waals surface area contributed by atoms with Crippen molar-refractivity contribution in [3.8, 4) is 0 Å². The predicted octanol–water partition coefficient (Wildman–Crippen LogP) is 3.41. The molecule has 1 aromatic heterocycles. The van der Waals surface area contributed by atoms with Crippen molar-refractivity contribution in [2.45, 2.75) is 26.2 Å². The Morgan fingerprint density at radius 3 is 2.73 bits per heavy atom. The van der Waals surface area contributed by atoms with E-state index in [1.54, 1.807) is 4.68 Å². The summed E-state index contributed by atoms with van der Waals surface area (Å²) in [5.41, 5.74) is 0.364. The largest absolute Gasteiger partial charge is 0.416 e. The number of halogens is 3. The standard InChI is InChI=1S/C14H15F3N4S/c1-2-21-7-6-12(20-21)9-18-13(22)19-11-5-3-4-10(8-11)14(15,16)17/h3-8H,2,9H2,1H3,(H2,18,19,22). The zero-order valence-electron chi connectivity index (χ0n) is 11.8. The lowest BCUT2D eigenvalue weighted by Gasteiger charge is -2.12. The summed E-state index contributed by atoms with van der Waals surface area (Å²) in [6.07, 6.45) is -2.53. The molecule has 0 unspecified atom stereocenters. The van der Waals surface area contributed by atoms with Crippen molar-refractivity contribution in [3.05, 3.63) is 47.8 Å². The van der Waals surface area contributed by atoms with Crippen LogP contribution in [0.4, 0.5) is 18.9 Å². The normalized spacial score (nSPS) is 11.3. The van der Waals surface area contributed by atoms with Crippen molar-refractivity contribution >= 4 is 23.0 Å². The van der Waals surface area contributed by atoms with Crippen molar-refractivity contribution in [3.63, 3.8) is 0 Å². The van der Waals surface area contributed by atoms with E-state index in [1.165, 1.54) is 12.1 Å². The minimum atomic E-state index is -4.38. The van der Waals surface area contributed by atoms with Crippen molar-refractivity contribution in [2.24, 2.45) is 0 Å². The zero-order valence-corrected chi connectivity index (χ0v) is 12.6. The Bertz CT molecular complexity index is 652. The van der Waals surface area contributed by atoms with Crippen LogP contribution in [0.15, 0.2) is 36.5 Å². The molecule has 22 heavy (non-hydrogen) atoms. The first-order valence-electron chi connectivity index (χ1n) is 6.63. The molecule has 2 N–H and O–H groups in total. The Balaban J connectivity index is 1.92. The van der Waals surface area contributed by atoms with Crippen LogP contribution in [-0.2, 0) is 19.3 Å². The molecule has 0 aliphatic rings. The third-order valence-corrected chi connectivity index (χ3v) is 3.14. The van der Waals surface area contributed by atoms with Crippen molar-refractivity contribution in [1.82, 2.24) is 15.1 Å². The highest BCUT2D eigenvalue weighted by Crippen LogP contribution is 2.30. The third kappa shape index (κ3) is 4.45. The highest BCUT2D eigenvalue weighted by Gasteiger charge is 2.30. The van der Waals surface area contributed by atoms with Crippen LogP contribution in [0.25, 0.3) is 0 Å². The lowest BCUT2D eigenvalue weighted by Crippen LogP contribution is -2.28. The Hall–Kier alpha value is -2.09. The van der Waals surface area contributed by atoms with Crippen LogP contribution in [0.2, 0.25) is 0 Å². The topological polar surface area (TPSA) is 41.9 Å². The molecule has 1 heterocycles. The third-order valence-electron chi connectivity index (χ3n) is 2.90. The Kier molecular flexibility index (Phi) is 5.02. The van der Waals surface area contributed by atoms with Crippen LogP contribution in [0.3, 0.4) is 0 Å². The second kappa shape index (κ2) is 6.78. The molecule has 0 saturated carbocycles. The van der Waals surface area contributed by atoms with E-state index in [0.29, 0.717) is 6.54 Å². The summed E-state index contributed by atoms with van der Waals surface area (Å²) in [7, 11) is 0. The molecular formula is C14H15F3N4S. The fourth-order valence-corrected chi connectivity index (χ4v) is 1.98. The van der Waals surface area contributed by atoms with Crippen molar-refractivity contribution in [2.75, 3.05) is 5.32 Å². The molecule has 4 nitrogen and oxygen atoms in total. The number of aryl methyl sites for hydroxylation is 1. The first-order chi connectivity index (χ1) is 10.4. The highest BCUT2D eigenvalue weighted by molar-refractivity contribution is 7.80. The zero-order chi connectivity index (χ0) is 16.2. The van der Waals surface area contributed by atoms with Gasteiger partial charge in [-0.15, -0.1) is 0 Å². The lowest BCUT2D eigenvalue weighted by atomic mass is 10.2. The average molecular weight is 328 g/mol. The number of nitrogens with zero attached hydrogens (tertiary/aromatic N) is 2. The number of nitrogens with one attached hydrogen (secondary N) is 2. The van der Waals surface area contributed by atoms with Gasteiger partial charge < -0.3 is 10.6 Å². The Labute approximate surface area is 131 Å². The van der Waals surface area contributed by atoms with E-state index < -0.39 is 11.7 Å². The van der Waals surface area contributed by atoms with Gasteiger partial charge in [0.2, 0.25) is 0 Å². The van der Waals surface area contributed by atoms with E-state index in [4.69, 9.17) is 12.2 Å². The summed E-state index contributed by atoms with van der Waals surface area (Å²) in [6.45, 7) is 3.15. The van der Waals surface area contributed by atoms with E-state index in [2.05, 4.69) is 15.7 Å². The quantitative estimate of drug-likeness (QED) is 0.844. The fourth-order valence-electron chi connectivity index (χ4n) is 1.79. The van der Waals surface area contributed by atoms with E-state index in [-0.39, 0.29) is 10.8 Å². The van der Waals surface area contributed by atoms with Gasteiger partial charge in [-0.3, -0.25) is 4.68 Å². The molecule has 0 spiro atoms. The molecule has 0 saturated heterocycles. The number of benzene rings is 1. The first kappa shape index (κ1) is 16.3. The maximum absolute atomic E-state index is 12.6. The SMILES string of the molecule is CCn1ccc(CNC(=S)Nc2cccc(C(F)(F)F)c2)n1. The molecule has 0 radical (unpaired) electrons. The molecule has 118 valence electrons. The number of hydrogen-bond acceptors (Lipinski definition) is 2. The molecule has 0 fully saturated rings. The Morgan fingerprint density at radius 2 is 2.09 bits per heavy atom. The first-order valence-corrected chi connectivity index (χ1v) is 7.03. The smallest absolute Gasteiger partial charge is 0.357 e. The van der Waals surface area contributed by atoms with Gasteiger partial charge in [0.05, 0.1) is 17.8 Å². The van der Waals surface area contributed by atoms with Gasteiger partial charge in [-0.1, -0.05) is 6.07 Å². The van der Waals surface area contributed by atoms with Crippen LogP contribution in [0.5, 0.6) is 0 Å². The lowest BCUT2D eigenvalue weighted by molar-refractivity contribution is -0.137. The van der Waals surface area contributed by atoms with Gasteiger partial charge >= 0.3 is 6.18 Å². The van der Waals surface area contributed by atoms with Gasteiger partial charge in [-0.25, -0.2) is 0 Å². The van der Waals surface area contributed by atoms with Crippen molar-refractivity contribution < 1.29 is 13.2 Å². The van der Waals surface area contributed by atoms with Crippen LogP contribution in [0.1, 0.15) is 18.2 Å². The number of anilines is 1. The number of hydrogen-bond donors (Lipinski definition) is 2. The molecular weight excluding hydrogens is 313 g/mol. The maximum atomic E-state index is 12.6. The monoisotopic (exact) mass is 328 g/mol. The molecule has 1 aromatic carbocycles. The van der Waals surface area contributed by atoms with Gasteiger partial charge in [0.1, 0.15) is 0 Å². The molecule has 0 aliphatic carbocycles. The molecule has 0 aliphatic heterocycles. The summed E-state index contributed by atoms with van der Waals surface area (Å²) in [6, 6.07) is 6.73. The second-order valence-corrected chi connectivity index (χ2v) is 4.96. The maximum Gasteiger partial charge on any atom is 0.416 e. The van der Waals surface area contributed by atoms with E-state index >= 15 is 0 Å². The highest BCUT2D eigenvalue weighted by atomic mass is 32.1. The summed E-state index contributed by atoms with van der Waals surface area (Å²) < 4.78 is 39.6. The molecule has 0 atom stereocenters. The van der Waals surface area contributed by atoms with Crippen LogP contribution >= 0.6 is 12.2 Å². The summed E-state index contributed by atoms with van der Waals surface area (Å²) in [4.78, 5) is 0. The minimum absolute atomic E-state index is 0.241. The minimum Gasteiger partial charge on any atom is -0.357 e. The summed E-state index contributed by atoms with van der Waals surface area (Å²) >= 11 is 5.07. The van der Waals surface area contributed by atoms with E-state index in [1.807, 2.05) is 19.2 Å². The fraction of sp³-hybridized carbons (Fsp3) is 0.286. The van der Waals surface area contributed by atoms with Crippen LogP contribution in [0, 0.1) is 0 Å². The van der Waals surface area contributed by atoms with Crippen LogP contribution in [-0.4, -0.2) is 14.9 Å². The molecule has 2 rings (SSSR count). The molecule has 2 aromatic rings. The molecule has 8 heteroatoms. The van der Waals surface area contributed by atoms with Crippen molar-refractivity contribution in [1.29, 1.82) is 0 Å². The number of alkyl halides is 3. The average Bonchev–Trinajstić information content (AvgIpc) is 2.92. The van der Waals surface area contributed by atoms with Gasteiger partial charge in [0.25, 0.3) is 0 Å². The van der Waals surface area contributed by atoms with Gasteiger partial charge in [0.15, 0.2) is 5.11 Å². The number of thiocarbonyl (C=S) groups is 1. The number of rotatable bonds is 4. The molecule has 0 bridgehead atoms. The van der Waals surface area contributed by atoms with Crippen LogP contribution < -0.4 is 10.6 Å². The van der Waals surface area contributed by atoms with Gasteiger partial charge in [-0.05, 0) is 43.4 Å². The molecule has 0 amide bonds. The Morgan fingerprint density at radius 1 is 1.32 bits per heavy atom. The second-order valence-electron chi connectivity index (χ2n) is 4.55. The van der Waals surface area contributed by atoms with Gasteiger partial charge in [0, 0.05) is 18.4 Å². The van der Waals surface area contributed by atoms with Gasteiger partial charge in [-0.2, -0.15) is 18.3 Å². The number of aromatic nitrogens is 2. The van der Waals surface area contributed by atoms with E-state index in [0.717, 1.165) is 24.4 Å². The van der Waals surface area contributed by atoms with E-state index in [9.17, 15) is 13.2 Å². The predicted molar refractivity (Wildman–Crippen MR) is 82.4 cm³/mol. The summed E-state index contributed by atoms with van der Waals surface area (Å²) in [5.74, 6) is 0. The summed E-state index contributed by atoms with van der Waals surface area (Å²) in [5, 5.41) is 10.2.